The van der Waals surface area contributed by atoms with E-state index in [1.54, 1.807) is 6.07 Å². The molecule has 0 aliphatic carbocycles. The molecule has 0 aliphatic heterocycles. The van der Waals surface area contributed by atoms with Crippen LogP contribution in [0.4, 0.5) is 4.39 Å². The van der Waals surface area contributed by atoms with Crippen LogP contribution in [-0.2, 0) is 0 Å². The lowest BCUT2D eigenvalue weighted by molar-refractivity contribution is 0.386. The number of hydrogen-bond donors (Lipinski definition) is 0. The van der Waals surface area contributed by atoms with E-state index in [0.717, 1.165) is 22.6 Å². The van der Waals surface area contributed by atoms with Gasteiger partial charge in [0.05, 0.1) is 12.8 Å². The lowest BCUT2D eigenvalue weighted by atomic mass is 10.0. The first kappa shape index (κ1) is 16.3. The highest BCUT2D eigenvalue weighted by molar-refractivity contribution is 5.65. The van der Waals surface area contributed by atoms with Crippen LogP contribution in [0, 0.1) is 12.7 Å². The summed E-state index contributed by atoms with van der Waals surface area (Å²) >= 11 is 0. The molecule has 0 N–H and O–H groups in total. The summed E-state index contributed by atoms with van der Waals surface area (Å²) in [6, 6.07) is 17.7. The highest BCUT2D eigenvalue weighted by Crippen LogP contribution is 2.30. The van der Waals surface area contributed by atoms with E-state index >= 15 is 0 Å². The van der Waals surface area contributed by atoms with Crippen LogP contribution in [0.5, 0.6) is 5.75 Å². The van der Waals surface area contributed by atoms with Crippen molar-refractivity contribution in [2.75, 3.05) is 7.11 Å². The zero-order valence-electron chi connectivity index (χ0n) is 14.5. The third kappa shape index (κ3) is 2.94. The number of halogens is 1. The minimum Gasteiger partial charge on any atom is -0.494 e. The Kier molecular flexibility index (Phi) is 4.43. The van der Waals surface area contributed by atoms with Gasteiger partial charge in [0.1, 0.15) is 0 Å². The Morgan fingerprint density at radius 2 is 1.67 bits per heavy atom. The van der Waals surface area contributed by atoms with Gasteiger partial charge in [0.2, 0.25) is 0 Å². The topological polar surface area (TPSA) is 14.2 Å². The Balaban J connectivity index is 2.07. The van der Waals surface area contributed by atoms with Crippen molar-refractivity contribution in [1.29, 1.82) is 0 Å². The molecule has 0 amide bonds. The van der Waals surface area contributed by atoms with Crippen molar-refractivity contribution < 1.29 is 9.13 Å². The summed E-state index contributed by atoms with van der Waals surface area (Å²) in [6.07, 6.45) is 0. The summed E-state index contributed by atoms with van der Waals surface area (Å²) in [7, 11) is 1.47. The Bertz CT molecular complexity index is 847. The summed E-state index contributed by atoms with van der Waals surface area (Å²) in [5, 5.41) is 0. The molecular formula is C21H22FNO. The van der Waals surface area contributed by atoms with E-state index in [1.165, 1.54) is 18.7 Å². The van der Waals surface area contributed by atoms with Crippen molar-refractivity contribution in [3.8, 4) is 22.7 Å². The monoisotopic (exact) mass is 323 g/mol. The summed E-state index contributed by atoms with van der Waals surface area (Å²) in [5.41, 5.74) is 5.29. The number of benzene rings is 2. The number of aromatic nitrogens is 1. The maximum atomic E-state index is 14.1. The summed E-state index contributed by atoms with van der Waals surface area (Å²) in [4.78, 5) is 0. The Hall–Kier alpha value is -2.55. The van der Waals surface area contributed by atoms with E-state index < -0.39 is 0 Å². The van der Waals surface area contributed by atoms with E-state index in [1.807, 2.05) is 18.2 Å². The Morgan fingerprint density at radius 3 is 2.25 bits per heavy atom. The number of hydrogen-bond acceptors (Lipinski definition) is 1. The molecule has 1 heterocycles. The molecule has 3 aromatic rings. The molecule has 3 heteroatoms. The highest BCUT2D eigenvalue weighted by Gasteiger charge is 2.12. The molecule has 2 aromatic carbocycles. The van der Waals surface area contributed by atoms with E-state index in [9.17, 15) is 4.39 Å². The lowest BCUT2D eigenvalue weighted by Crippen LogP contribution is -2.00. The third-order valence-electron chi connectivity index (χ3n) is 4.34. The van der Waals surface area contributed by atoms with Crippen molar-refractivity contribution in [2.45, 2.75) is 26.7 Å². The van der Waals surface area contributed by atoms with Crippen LogP contribution in [-0.4, -0.2) is 11.7 Å². The van der Waals surface area contributed by atoms with Gasteiger partial charge in [-0.3, -0.25) is 0 Å². The standard InChI is InChI=1S/C21H22FNO/c1-14(2)16-6-9-18(10-7-16)23-15(3)5-11-20(23)17-8-12-21(24-4)19(22)13-17/h5-14H,1-4H3. The summed E-state index contributed by atoms with van der Waals surface area (Å²) in [6.45, 7) is 6.42. The number of aryl methyl sites for hydroxylation is 1. The number of methoxy groups -OCH3 is 1. The second-order valence-electron chi connectivity index (χ2n) is 6.29. The van der Waals surface area contributed by atoms with Gasteiger partial charge in [-0.25, -0.2) is 4.39 Å². The van der Waals surface area contributed by atoms with Crippen LogP contribution in [0.3, 0.4) is 0 Å². The second-order valence-corrected chi connectivity index (χ2v) is 6.29. The summed E-state index contributed by atoms with van der Waals surface area (Å²) in [5.74, 6) is 0.408. The molecule has 0 spiro atoms. The minimum absolute atomic E-state index is 0.259. The van der Waals surface area contributed by atoms with Crippen molar-refractivity contribution in [3.63, 3.8) is 0 Å². The molecule has 0 unspecified atom stereocenters. The normalized spacial score (nSPS) is 11.1. The van der Waals surface area contributed by atoms with E-state index in [0.29, 0.717) is 5.92 Å². The third-order valence-corrected chi connectivity index (χ3v) is 4.34. The van der Waals surface area contributed by atoms with Gasteiger partial charge in [0.25, 0.3) is 0 Å². The average Bonchev–Trinajstić information content (AvgIpc) is 2.96. The second kappa shape index (κ2) is 6.52. The molecular weight excluding hydrogens is 301 g/mol. The fraction of sp³-hybridized carbons (Fsp3) is 0.238. The van der Waals surface area contributed by atoms with Gasteiger partial charge in [-0.15, -0.1) is 0 Å². The van der Waals surface area contributed by atoms with Gasteiger partial charge in [0.15, 0.2) is 11.6 Å². The minimum atomic E-state index is -0.351. The highest BCUT2D eigenvalue weighted by atomic mass is 19.1. The average molecular weight is 323 g/mol. The molecule has 0 saturated heterocycles. The summed E-state index contributed by atoms with van der Waals surface area (Å²) < 4.78 is 21.2. The smallest absolute Gasteiger partial charge is 0.165 e. The first-order valence-corrected chi connectivity index (χ1v) is 8.14. The van der Waals surface area contributed by atoms with Crippen molar-refractivity contribution in [2.24, 2.45) is 0 Å². The van der Waals surface area contributed by atoms with Crippen molar-refractivity contribution in [1.82, 2.24) is 4.57 Å². The molecule has 0 radical (unpaired) electrons. The SMILES string of the molecule is COc1ccc(-c2ccc(C)n2-c2ccc(C(C)C)cc2)cc1F. The first-order chi connectivity index (χ1) is 11.5. The molecule has 0 saturated carbocycles. The molecule has 0 aliphatic rings. The van der Waals surface area contributed by atoms with E-state index in [2.05, 4.69) is 49.6 Å². The van der Waals surface area contributed by atoms with Crippen LogP contribution in [0.15, 0.2) is 54.6 Å². The van der Waals surface area contributed by atoms with Gasteiger partial charge in [-0.2, -0.15) is 0 Å². The largest absolute Gasteiger partial charge is 0.494 e. The Labute approximate surface area is 142 Å². The van der Waals surface area contributed by atoms with Gasteiger partial charge >= 0.3 is 0 Å². The zero-order chi connectivity index (χ0) is 17.3. The number of rotatable bonds is 4. The van der Waals surface area contributed by atoms with E-state index in [4.69, 9.17) is 4.74 Å². The quantitative estimate of drug-likeness (QED) is 0.598. The Morgan fingerprint density at radius 1 is 0.958 bits per heavy atom. The maximum absolute atomic E-state index is 14.1. The van der Waals surface area contributed by atoms with Crippen molar-refractivity contribution in [3.05, 3.63) is 71.7 Å². The fourth-order valence-corrected chi connectivity index (χ4v) is 2.94. The predicted octanol–water partition coefficient (Wildman–Crippen LogP) is 5.72. The van der Waals surface area contributed by atoms with Crippen LogP contribution < -0.4 is 4.74 Å². The maximum Gasteiger partial charge on any atom is 0.165 e. The molecule has 3 rings (SSSR count). The lowest BCUT2D eigenvalue weighted by Gasteiger charge is -2.14. The van der Waals surface area contributed by atoms with Crippen LogP contribution >= 0.6 is 0 Å². The molecule has 124 valence electrons. The molecule has 2 nitrogen and oxygen atoms in total. The zero-order valence-corrected chi connectivity index (χ0v) is 14.5. The molecule has 24 heavy (non-hydrogen) atoms. The molecule has 0 fully saturated rings. The molecule has 1 aromatic heterocycles. The van der Waals surface area contributed by atoms with Crippen LogP contribution in [0.25, 0.3) is 16.9 Å². The van der Waals surface area contributed by atoms with Gasteiger partial charge < -0.3 is 9.30 Å². The number of nitrogens with zero attached hydrogens (tertiary/aromatic N) is 1. The van der Waals surface area contributed by atoms with Gasteiger partial charge in [-0.1, -0.05) is 26.0 Å². The number of ether oxygens (including phenoxy) is 1. The molecule has 0 bridgehead atoms. The van der Waals surface area contributed by atoms with E-state index in [-0.39, 0.29) is 11.6 Å². The van der Waals surface area contributed by atoms with Gasteiger partial charge in [-0.05, 0) is 60.9 Å². The molecule has 0 atom stereocenters. The first-order valence-electron chi connectivity index (χ1n) is 8.14. The van der Waals surface area contributed by atoms with Gasteiger partial charge in [0, 0.05) is 16.9 Å². The predicted molar refractivity (Wildman–Crippen MR) is 96.5 cm³/mol. The van der Waals surface area contributed by atoms with Crippen molar-refractivity contribution >= 4 is 0 Å². The van der Waals surface area contributed by atoms with Crippen LogP contribution in [0.1, 0.15) is 31.0 Å². The van der Waals surface area contributed by atoms with Crippen LogP contribution in [0.2, 0.25) is 0 Å². The fourth-order valence-electron chi connectivity index (χ4n) is 2.94.